The molecule has 0 aliphatic rings. The van der Waals surface area contributed by atoms with Crippen molar-refractivity contribution in [1.82, 2.24) is 0 Å². The van der Waals surface area contributed by atoms with Gasteiger partial charge in [0.05, 0.1) is 12.2 Å². The molecule has 0 saturated carbocycles. The molecular weight excluding hydrogens is 232 g/mol. The summed E-state index contributed by atoms with van der Waals surface area (Å²) >= 11 is 0. The molecule has 0 bridgehead atoms. The van der Waals surface area contributed by atoms with E-state index in [9.17, 15) is 4.79 Å². The zero-order valence-electron chi connectivity index (χ0n) is 10.9. The number of rotatable bonds is 6. The van der Waals surface area contributed by atoms with E-state index in [1.807, 2.05) is 18.2 Å². The van der Waals surface area contributed by atoms with Gasteiger partial charge in [-0.2, -0.15) is 0 Å². The molecule has 17 heavy (non-hydrogen) atoms. The minimum Gasteiger partial charge on any atom is -0.544 e. The highest BCUT2D eigenvalue weighted by Crippen LogP contribution is 2.22. The van der Waals surface area contributed by atoms with Gasteiger partial charge in [-0.25, -0.2) is 0 Å². The molecule has 1 aromatic rings. The molecule has 3 nitrogen and oxygen atoms in total. The molecule has 1 rings (SSSR count). The van der Waals surface area contributed by atoms with E-state index in [0.717, 1.165) is 18.3 Å². The summed E-state index contributed by atoms with van der Waals surface area (Å²) in [7, 11) is -0.00208. The van der Waals surface area contributed by atoms with Crippen molar-refractivity contribution in [1.29, 1.82) is 0 Å². The summed E-state index contributed by atoms with van der Waals surface area (Å²) in [5.41, 5.74) is 1.72. The van der Waals surface area contributed by atoms with E-state index in [1.54, 1.807) is 7.11 Å². The van der Waals surface area contributed by atoms with Crippen LogP contribution in [0.3, 0.4) is 0 Å². The van der Waals surface area contributed by atoms with Gasteiger partial charge in [0, 0.05) is 7.11 Å². The molecule has 0 N–H and O–H groups in total. The van der Waals surface area contributed by atoms with Crippen molar-refractivity contribution in [3.63, 3.8) is 0 Å². The lowest BCUT2D eigenvalue weighted by molar-refractivity contribution is 0.112. The molecule has 0 fully saturated rings. The van der Waals surface area contributed by atoms with Gasteiger partial charge in [-0.1, -0.05) is 6.07 Å². The van der Waals surface area contributed by atoms with Crippen LogP contribution >= 0.6 is 0 Å². The first kappa shape index (κ1) is 13.9. The Bertz CT molecular complexity index is 383. The fourth-order valence-corrected chi connectivity index (χ4v) is 2.33. The molecule has 0 aliphatic carbocycles. The van der Waals surface area contributed by atoms with Crippen molar-refractivity contribution in [3.8, 4) is 5.75 Å². The monoisotopic (exact) mass is 252 g/mol. The van der Waals surface area contributed by atoms with Crippen molar-refractivity contribution in [2.24, 2.45) is 0 Å². The van der Waals surface area contributed by atoms with E-state index in [1.165, 1.54) is 0 Å². The van der Waals surface area contributed by atoms with Crippen molar-refractivity contribution in [2.45, 2.75) is 26.1 Å². The average Bonchev–Trinajstić information content (AvgIpc) is 2.25. The van der Waals surface area contributed by atoms with Crippen LogP contribution in [-0.2, 0) is 11.2 Å². The van der Waals surface area contributed by atoms with Crippen LogP contribution in [0.4, 0.5) is 0 Å². The second kappa shape index (κ2) is 5.98. The Balaban J connectivity index is 2.89. The average molecular weight is 252 g/mol. The standard InChI is InChI=1S/C13H20O3Si/c1-15-8-7-11-5-6-13(12(9-11)10-14)16-17(2,3)4/h5-6,9-10H,7-8H2,1-4H3. The molecule has 0 heterocycles. The number of methoxy groups -OCH3 is 1. The third-order valence-electron chi connectivity index (χ3n) is 2.21. The van der Waals surface area contributed by atoms with Crippen LogP contribution < -0.4 is 4.43 Å². The van der Waals surface area contributed by atoms with Crippen LogP contribution in [0.15, 0.2) is 18.2 Å². The van der Waals surface area contributed by atoms with E-state index >= 15 is 0 Å². The zero-order valence-corrected chi connectivity index (χ0v) is 11.9. The Morgan fingerprint density at radius 3 is 2.53 bits per heavy atom. The number of hydrogen-bond donors (Lipinski definition) is 0. The van der Waals surface area contributed by atoms with Crippen molar-refractivity contribution in [3.05, 3.63) is 29.3 Å². The van der Waals surface area contributed by atoms with Crippen LogP contribution in [0.1, 0.15) is 15.9 Å². The van der Waals surface area contributed by atoms with E-state index in [-0.39, 0.29) is 0 Å². The number of benzene rings is 1. The number of ether oxygens (including phenoxy) is 1. The smallest absolute Gasteiger partial charge is 0.242 e. The van der Waals surface area contributed by atoms with Crippen LogP contribution in [0.25, 0.3) is 0 Å². The Morgan fingerprint density at radius 1 is 1.29 bits per heavy atom. The van der Waals surface area contributed by atoms with Crippen LogP contribution in [-0.4, -0.2) is 28.3 Å². The third-order valence-corrected chi connectivity index (χ3v) is 3.04. The highest BCUT2D eigenvalue weighted by Gasteiger charge is 2.18. The maximum absolute atomic E-state index is 11.0. The molecule has 0 aromatic heterocycles. The topological polar surface area (TPSA) is 35.5 Å². The normalized spacial score (nSPS) is 11.3. The van der Waals surface area contributed by atoms with Gasteiger partial charge >= 0.3 is 0 Å². The van der Waals surface area contributed by atoms with E-state index in [2.05, 4.69) is 19.6 Å². The van der Waals surface area contributed by atoms with Gasteiger partial charge in [0.1, 0.15) is 5.75 Å². The second-order valence-electron chi connectivity index (χ2n) is 4.95. The lowest BCUT2D eigenvalue weighted by Crippen LogP contribution is -2.29. The summed E-state index contributed by atoms with van der Waals surface area (Å²) < 4.78 is 10.9. The molecule has 1 aromatic carbocycles. The van der Waals surface area contributed by atoms with Gasteiger partial charge in [0.2, 0.25) is 8.32 Å². The molecule has 0 saturated heterocycles. The van der Waals surface area contributed by atoms with E-state index in [0.29, 0.717) is 17.9 Å². The molecular formula is C13H20O3Si. The molecule has 4 heteroatoms. The van der Waals surface area contributed by atoms with Gasteiger partial charge in [0.25, 0.3) is 0 Å². The lowest BCUT2D eigenvalue weighted by Gasteiger charge is -2.20. The Kier molecular flexibility index (Phi) is 4.90. The van der Waals surface area contributed by atoms with Gasteiger partial charge in [-0.05, 0) is 43.8 Å². The Labute approximate surface area is 104 Å². The van der Waals surface area contributed by atoms with Gasteiger partial charge in [-0.3, -0.25) is 4.79 Å². The molecule has 0 unspecified atom stereocenters. The largest absolute Gasteiger partial charge is 0.544 e. The molecule has 0 spiro atoms. The fourth-order valence-electron chi connectivity index (χ4n) is 1.49. The SMILES string of the molecule is COCCc1ccc(O[Si](C)(C)C)c(C=O)c1. The molecule has 0 aliphatic heterocycles. The lowest BCUT2D eigenvalue weighted by atomic mass is 10.1. The van der Waals surface area contributed by atoms with Crippen molar-refractivity contribution in [2.75, 3.05) is 13.7 Å². The number of hydrogen-bond acceptors (Lipinski definition) is 3. The summed E-state index contributed by atoms with van der Waals surface area (Å²) in [4.78, 5) is 11.0. The highest BCUT2D eigenvalue weighted by atomic mass is 28.4. The first-order valence-electron chi connectivity index (χ1n) is 5.72. The van der Waals surface area contributed by atoms with Crippen LogP contribution in [0.5, 0.6) is 5.75 Å². The maximum Gasteiger partial charge on any atom is 0.242 e. The molecule has 0 radical (unpaired) electrons. The summed E-state index contributed by atoms with van der Waals surface area (Å²) in [6, 6.07) is 5.75. The minimum atomic E-state index is -1.67. The summed E-state index contributed by atoms with van der Waals surface area (Å²) in [6.45, 7) is 6.95. The quantitative estimate of drug-likeness (QED) is 0.577. The number of carbonyl (C=O) groups is 1. The molecule has 94 valence electrons. The minimum absolute atomic E-state index is 0.626. The second-order valence-corrected chi connectivity index (χ2v) is 9.38. The van der Waals surface area contributed by atoms with Crippen molar-refractivity contribution >= 4 is 14.6 Å². The summed E-state index contributed by atoms with van der Waals surface area (Å²) in [5.74, 6) is 0.695. The predicted octanol–water partition coefficient (Wildman–Crippen LogP) is 2.90. The molecule has 0 amide bonds. The number of aldehydes is 1. The predicted molar refractivity (Wildman–Crippen MR) is 71.4 cm³/mol. The Hall–Kier alpha value is -1.13. The van der Waals surface area contributed by atoms with Crippen LogP contribution in [0.2, 0.25) is 19.6 Å². The van der Waals surface area contributed by atoms with Crippen LogP contribution in [0, 0.1) is 0 Å². The highest BCUT2D eigenvalue weighted by molar-refractivity contribution is 6.70. The Morgan fingerprint density at radius 2 is 2.00 bits per heavy atom. The van der Waals surface area contributed by atoms with Gasteiger partial charge < -0.3 is 9.16 Å². The third kappa shape index (κ3) is 4.71. The summed E-state index contributed by atoms with van der Waals surface area (Å²) in [6.07, 6.45) is 1.66. The first-order valence-corrected chi connectivity index (χ1v) is 9.13. The fraction of sp³-hybridized carbons (Fsp3) is 0.462. The van der Waals surface area contributed by atoms with Gasteiger partial charge in [0.15, 0.2) is 6.29 Å². The van der Waals surface area contributed by atoms with Crippen molar-refractivity contribution < 1.29 is 14.0 Å². The molecule has 0 atom stereocenters. The van der Waals surface area contributed by atoms with E-state index < -0.39 is 8.32 Å². The maximum atomic E-state index is 11.0. The van der Waals surface area contributed by atoms with Gasteiger partial charge in [-0.15, -0.1) is 0 Å². The zero-order chi connectivity index (χ0) is 12.9. The summed E-state index contributed by atoms with van der Waals surface area (Å²) in [5, 5.41) is 0. The van der Waals surface area contributed by atoms with E-state index in [4.69, 9.17) is 9.16 Å². The first-order chi connectivity index (χ1) is 7.96. The number of carbonyl (C=O) groups excluding carboxylic acids is 1.